The third-order valence-corrected chi connectivity index (χ3v) is 5.18. The minimum Gasteiger partial charge on any atom is -0.472 e. The molecule has 3 aromatic heterocycles. The minimum atomic E-state index is 0.545. The number of rotatable bonds is 1. The molecule has 2 bridgehead atoms. The van der Waals surface area contributed by atoms with Gasteiger partial charge in [-0.15, -0.1) is 10.2 Å². The molecule has 1 fully saturated rings. The first-order chi connectivity index (χ1) is 10.3. The summed E-state index contributed by atoms with van der Waals surface area (Å²) in [6.07, 6.45) is 8.16. The third-order valence-electron chi connectivity index (χ3n) is 4.90. The van der Waals surface area contributed by atoms with Crippen LogP contribution >= 0.6 is 11.6 Å². The molecule has 21 heavy (non-hydrogen) atoms. The molecule has 6 heteroatoms. The maximum atomic E-state index is 6.49. The predicted molar refractivity (Wildman–Crippen MR) is 77.4 cm³/mol. The summed E-state index contributed by atoms with van der Waals surface area (Å²) in [6.45, 7) is 0. The summed E-state index contributed by atoms with van der Waals surface area (Å²) >= 11 is 6.49. The molecule has 6 rings (SSSR count). The van der Waals surface area contributed by atoms with Crippen molar-refractivity contribution in [3.8, 4) is 11.4 Å². The maximum Gasteiger partial charge on any atom is 0.188 e. The monoisotopic (exact) mass is 300 g/mol. The van der Waals surface area contributed by atoms with E-state index in [0.29, 0.717) is 22.8 Å². The second kappa shape index (κ2) is 4.07. The fourth-order valence-corrected chi connectivity index (χ4v) is 4.28. The van der Waals surface area contributed by atoms with Crippen molar-refractivity contribution in [2.75, 3.05) is 0 Å². The van der Waals surface area contributed by atoms with Gasteiger partial charge in [0.1, 0.15) is 6.26 Å². The molecule has 0 atom stereocenters. The molecule has 0 saturated heterocycles. The van der Waals surface area contributed by atoms with Gasteiger partial charge in [-0.05, 0) is 43.6 Å². The second-order valence-electron chi connectivity index (χ2n) is 5.94. The van der Waals surface area contributed by atoms with Crippen molar-refractivity contribution in [3.05, 3.63) is 34.9 Å². The average Bonchev–Trinajstić information content (AvgIpc) is 3.16. The molecule has 3 aliphatic rings. The van der Waals surface area contributed by atoms with Crippen LogP contribution < -0.4 is 0 Å². The fraction of sp³-hybridized carbons (Fsp3) is 0.400. The second-order valence-corrected chi connectivity index (χ2v) is 6.30. The Morgan fingerprint density at radius 1 is 1.10 bits per heavy atom. The van der Waals surface area contributed by atoms with E-state index in [-0.39, 0.29) is 0 Å². The van der Waals surface area contributed by atoms with Crippen molar-refractivity contribution >= 4 is 17.2 Å². The van der Waals surface area contributed by atoms with Crippen LogP contribution in [0, 0.1) is 0 Å². The Labute approximate surface area is 125 Å². The number of hydrogen-bond donors (Lipinski definition) is 0. The number of hydrogen-bond acceptors (Lipinski definition) is 4. The Balaban J connectivity index is 1.85. The largest absolute Gasteiger partial charge is 0.472 e. The van der Waals surface area contributed by atoms with Gasteiger partial charge in [0, 0.05) is 11.1 Å². The Bertz CT molecular complexity index is 831. The Kier molecular flexibility index (Phi) is 2.28. The number of furan rings is 1. The van der Waals surface area contributed by atoms with Crippen molar-refractivity contribution in [1.82, 2.24) is 19.8 Å². The van der Waals surface area contributed by atoms with E-state index in [9.17, 15) is 0 Å². The molecule has 3 aromatic rings. The summed E-state index contributed by atoms with van der Waals surface area (Å²) in [4.78, 5) is 0. The van der Waals surface area contributed by atoms with E-state index in [4.69, 9.17) is 16.0 Å². The third kappa shape index (κ3) is 1.50. The van der Waals surface area contributed by atoms with Crippen LogP contribution in [0.5, 0.6) is 0 Å². The van der Waals surface area contributed by atoms with E-state index in [1.165, 1.54) is 36.8 Å². The summed E-state index contributed by atoms with van der Waals surface area (Å²) in [7, 11) is 0. The van der Waals surface area contributed by atoms with Gasteiger partial charge in [0.25, 0.3) is 0 Å². The van der Waals surface area contributed by atoms with Gasteiger partial charge >= 0.3 is 0 Å². The van der Waals surface area contributed by atoms with Crippen LogP contribution in [0.2, 0.25) is 5.15 Å². The van der Waals surface area contributed by atoms with Gasteiger partial charge in [0.05, 0.1) is 11.8 Å². The highest BCUT2D eigenvalue weighted by Gasteiger charge is 2.38. The van der Waals surface area contributed by atoms with Gasteiger partial charge in [0.15, 0.2) is 16.6 Å². The first-order valence-corrected chi connectivity index (χ1v) is 7.68. The van der Waals surface area contributed by atoms with Gasteiger partial charge in [0.2, 0.25) is 0 Å². The fourth-order valence-electron chi connectivity index (χ4n) is 3.95. The average molecular weight is 301 g/mol. The number of fused-ring (bicyclic) bond motifs is 3. The lowest BCUT2D eigenvalue weighted by Gasteiger charge is -2.38. The Hall–Kier alpha value is -1.88. The zero-order valence-corrected chi connectivity index (χ0v) is 12.0. The minimum absolute atomic E-state index is 0.545. The molecule has 3 heterocycles. The summed E-state index contributed by atoms with van der Waals surface area (Å²) in [5.74, 6) is 1.78. The molecule has 0 spiro atoms. The molecule has 0 unspecified atom stereocenters. The summed E-state index contributed by atoms with van der Waals surface area (Å²) in [6, 6.07) is 1.86. The molecule has 106 valence electrons. The first-order valence-electron chi connectivity index (χ1n) is 7.30. The molecular formula is C15H13ClN4O. The summed E-state index contributed by atoms with van der Waals surface area (Å²) < 4.78 is 6.91. The van der Waals surface area contributed by atoms with Crippen LogP contribution in [0.15, 0.2) is 23.0 Å². The van der Waals surface area contributed by atoms with Gasteiger partial charge in [-0.25, -0.2) is 0 Å². The Morgan fingerprint density at radius 3 is 2.57 bits per heavy atom. The summed E-state index contributed by atoms with van der Waals surface area (Å²) in [5.41, 5.74) is 4.23. The lowest BCUT2D eigenvalue weighted by atomic mass is 9.68. The van der Waals surface area contributed by atoms with Crippen LogP contribution in [-0.2, 0) is 0 Å². The smallest absolute Gasteiger partial charge is 0.188 e. The van der Waals surface area contributed by atoms with E-state index in [1.807, 2.05) is 6.07 Å². The number of aromatic nitrogens is 4. The quantitative estimate of drug-likeness (QED) is 0.686. The predicted octanol–water partition coefficient (Wildman–Crippen LogP) is 3.79. The van der Waals surface area contributed by atoms with E-state index in [0.717, 1.165) is 11.2 Å². The van der Waals surface area contributed by atoms with Crippen LogP contribution in [0.4, 0.5) is 0 Å². The van der Waals surface area contributed by atoms with Crippen molar-refractivity contribution in [3.63, 3.8) is 0 Å². The van der Waals surface area contributed by atoms with Crippen molar-refractivity contribution in [2.24, 2.45) is 0 Å². The first kappa shape index (κ1) is 11.7. The topological polar surface area (TPSA) is 56.2 Å². The van der Waals surface area contributed by atoms with E-state index >= 15 is 0 Å². The van der Waals surface area contributed by atoms with Gasteiger partial charge in [-0.2, -0.15) is 9.61 Å². The van der Waals surface area contributed by atoms with Crippen LogP contribution in [0.1, 0.15) is 48.6 Å². The van der Waals surface area contributed by atoms with Crippen molar-refractivity contribution in [2.45, 2.75) is 37.5 Å². The molecule has 0 aliphatic heterocycles. The standard InChI is InChI=1S/C15H13ClN4O/c16-13-11-8-1-3-9(4-2-8)12(11)15-18-17-14(20(15)19-13)10-5-6-21-7-10/h5-9H,1-4H2. The molecule has 5 nitrogen and oxygen atoms in total. The van der Waals surface area contributed by atoms with E-state index in [1.54, 1.807) is 17.0 Å². The molecular weight excluding hydrogens is 288 g/mol. The molecule has 0 N–H and O–H groups in total. The molecule has 0 amide bonds. The van der Waals surface area contributed by atoms with Gasteiger partial charge < -0.3 is 4.42 Å². The Morgan fingerprint density at radius 2 is 1.86 bits per heavy atom. The van der Waals surface area contributed by atoms with Gasteiger partial charge in [-0.3, -0.25) is 0 Å². The molecule has 1 saturated carbocycles. The van der Waals surface area contributed by atoms with E-state index in [2.05, 4.69) is 15.3 Å². The lowest BCUT2D eigenvalue weighted by Crippen LogP contribution is -2.24. The highest BCUT2D eigenvalue weighted by molar-refractivity contribution is 6.30. The number of nitrogens with zero attached hydrogens (tertiary/aromatic N) is 4. The summed E-state index contributed by atoms with van der Waals surface area (Å²) in [5, 5.41) is 13.8. The van der Waals surface area contributed by atoms with Crippen molar-refractivity contribution < 1.29 is 4.42 Å². The lowest BCUT2D eigenvalue weighted by molar-refractivity contribution is 0.358. The van der Waals surface area contributed by atoms with Gasteiger partial charge in [-0.1, -0.05) is 11.6 Å². The zero-order chi connectivity index (χ0) is 14.0. The van der Waals surface area contributed by atoms with Crippen LogP contribution in [-0.4, -0.2) is 19.8 Å². The SMILES string of the molecule is Clc1nn2c(-c3ccoc3)nnc2c2c1C1CCC2CC1. The highest BCUT2D eigenvalue weighted by Crippen LogP contribution is 2.52. The number of halogens is 1. The highest BCUT2D eigenvalue weighted by atomic mass is 35.5. The van der Waals surface area contributed by atoms with Crippen LogP contribution in [0.3, 0.4) is 0 Å². The zero-order valence-electron chi connectivity index (χ0n) is 11.3. The normalized spacial score (nSPS) is 23.7. The molecule has 0 radical (unpaired) electrons. The van der Waals surface area contributed by atoms with Crippen molar-refractivity contribution in [1.29, 1.82) is 0 Å². The van der Waals surface area contributed by atoms with Crippen LogP contribution in [0.25, 0.3) is 17.0 Å². The maximum absolute atomic E-state index is 6.49. The molecule has 0 aromatic carbocycles. The van der Waals surface area contributed by atoms with E-state index < -0.39 is 0 Å². The molecule has 3 aliphatic carbocycles.